The van der Waals surface area contributed by atoms with Crippen LogP contribution in [0.3, 0.4) is 0 Å². The van der Waals surface area contributed by atoms with E-state index in [4.69, 9.17) is 4.74 Å². The Morgan fingerprint density at radius 2 is 2.60 bits per heavy atom. The van der Waals surface area contributed by atoms with Gasteiger partial charge in [-0.15, -0.1) is 11.3 Å². The lowest BCUT2D eigenvalue weighted by atomic mass is 10.1. The number of fused-ring (bicyclic) bond motifs is 1. The van der Waals surface area contributed by atoms with Crippen LogP contribution >= 0.6 is 11.3 Å². The number of carbonyl (C=O) groups excluding carboxylic acids is 1. The van der Waals surface area contributed by atoms with Crippen molar-refractivity contribution in [3.8, 4) is 0 Å². The fourth-order valence-electron chi connectivity index (χ4n) is 1.60. The minimum atomic E-state index is -0.277. The zero-order chi connectivity index (χ0) is 10.7. The van der Waals surface area contributed by atoms with Gasteiger partial charge in [-0.05, 0) is 30.4 Å². The summed E-state index contributed by atoms with van der Waals surface area (Å²) in [6.45, 7) is 3.11. The van der Waals surface area contributed by atoms with Crippen molar-refractivity contribution in [3.63, 3.8) is 0 Å². The first-order valence-corrected chi connectivity index (χ1v) is 5.88. The van der Waals surface area contributed by atoms with Crippen LogP contribution in [0.25, 0.3) is 5.70 Å². The largest absolute Gasteiger partial charge is 0.463 e. The number of ether oxygens (including phenoxy) is 1. The van der Waals surface area contributed by atoms with E-state index < -0.39 is 0 Å². The van der Waals surface area contributed by atoms with E-state index in [9.17, 15) is 4.79 Å². The minimum absolute atomic E-state index is 0.277. The summed E-state index contributed by atoms with van der Waals surface area (Å²) in [4.78, 5) is 12.5. The Kier molecular flexibility index (Phi) is 3.06. The summed E-state index contributed by atoms with van der Waals surface area (Å²) in [6.07, 6.45) is 2.57. The molecule has 0 radical (unpaired) electrons. The number of hydrogen-bond donors (Lipinski definition) is 1. The van der Waals surface area contributed by atoms with Crippen LogP contribution in [0.2, 0.25) is 0 Å². The van der Waals surface area contributed by atoms with E-state index in [1.165, 1.54) is 11.6 Å². The molecule has 0 aliphatic carbocycles. The first-order valence-electron chi connectivity index (χ1n) is 5.00. The molecule has 15 heavy (non-hydrogen) atoms. The Morgan fingerprint density at radius 3 is 3.40 bits per heavy atom. The van der Waals surface area contributed by atoms with E-state index in [0.29, 0.717) is 6.61 Å². The molecular formula is C11H13NO2S. The van der Waals surface area contributed by atoms with Crippen LogP contribution in [-0.4, -0.2) is 19.1 Å². The predicted molar refractivity (Wildman–Crippen MR) is 60.6 cm³/mol. The lowest BCUT2D eigenvalue weighted by Gasteiger charge is -2.16. The van der Waals surface area contributed by atoms with Crippen molar-refractivity contribution >= 4 is 23.0 Å². The van der Waals surface area contributed by atoms with Gasteiger partial charge in [-0.2, -0.15) is 0 Å². The highest BCUT2D eigenvalue weighted by molar-refractivity contribution is 7.11. The lowest BCUT2D eigenvalue weighted by Crippen LogP contribution is -2.22. The summed E-state index contributed by atoms with van der Waals surface area (Å²) in [5, 5.41) is 5.27. The van der Waals surface area contributed by atoms with E-state index >= 15 is 0 Å². The topological polar surface area (TPSA) is 38.3 Å². The third-order valence-corrected chi connectivity index (χ3v) is 3.24. The smallest absolute Gasteiger partial charge is 0.332 e. The fraction of sp³-hybridized carbons (Fsp3) is 0.364. The van der Waals surface area contributed by atoms with Crippen LogP contribution in [0.1, 0.15) is 17.4 Å². The molecule has 1 aliphatic rings. The molecule has 80 valence electrons. The molecule has 1 aliphatic heterocycles. The molecule has 0 atom stereocenters. The molecule has 0 amide bonds. The molecule has 1 aromatic heterocycles. The third kappa shape index (κ3) is 2.21. The van der Waals surface area contributed by atoms with Gasteiger partial charge in [0.2, 0.25) is 0 Å². The fourth-order valence-corrected chi connectivity index (χ4v) is 2.55. The maximum Gasteiger partial charge on any atom is 0.332 e. The van der Waals surface area contributed by atoms with Crippen molar-refractivity contribution in [2.75, 3.05) is 13.2 Å². The van der Waals surface area contributed by atoms with Crippen molar-refractivity contribution in [2.45, 2.75) is 13.3 Å². The highest BCUT2D eigenvalue weighted by atomic mass is 32.1. The van der Waals surface area contributed by atoms with Gasteiger partial charge in [0.25, 0.3) is 0 Å². The molecule has 0 unspecified atom stereocenters. The molecule has 4 heteroatoms. The molecule has 0 saturated heterocycles. The van der Waals surface area contributed by atoms with Crippen molar-refractivity contribution in [1.82, 2.24) is 5.32 Å². The Labute approximate surface area is 92.8 Å². The van der Waals surface area contributed by atoms with E-state index in [0.717, 1.165) is 23.5 Å². The van der Waals surface area contributed by atoms with Crippen molar-refractivity contribution in [2.24, 2.45) is 0 Å². The van der Waals surface area contributed by atoms with Crippen LogP contribution in [0.5, 0.6) is 0 Å². The lowest BCUT2D eigenvalue weighted by molar-refractivity contribution is -0.137. The molecule has 0 aromatic carbocycles. The zero-order valence-corrected chi connectivity index (χ0v) is 9.39. The third-order valence-electron chi connectivity index (χ3n) is 2.25. The van der Waals surface area contributed by atoms with Gasteiger partial charge in [-0.1, -0.05) is 0 Å². The molecule has 2 heterocycles. The molecule has 0 fully saturated rings. The van der Waals surface area contributed by atoms with Gasteiger partial charge in [-0.3, -0.25) is 0 Å². The van der Waals surface area contributed by atoms with Gasteiger partial charge in [0, 0.05) is 12.6 Å². The summed E-state index contributed by atoms with van der Waals surface area (Å²) in [5.74, 6) is -0.277. The quantitative estimate of drug-likeness (QED) is 0.613. The van der Waals surface area contributed by atoms with Gasteiger partial charge >= 0.3 is 5.97 Å². The van der Waals surface area contributed by atoms with E-state index in [1.807, 2.05) is 0 Å². The average Bonchev–Trinajstić information content (AvgIpc) is 2.67. The summed E-state index contributed by atoms with van der Waals surface area (Å²) < 4.78 is 4.89. The Balaban J connectivity index is 2.22. The number of carbonyl (C=O) groups is 1. The van der Waals surface area contributed by atoms with E-state index in [1.54, 1.807) is 18.3 Å². The van der Waals surface area contributed by atoms with Gasteiger partial charge < -0.3 is 10.1 Å². The first-order chi connectivity index (χ1) is 7.31. The number of hydrogen-bond acceptors (Lipinski definition) is 4. The summed E-state index contributed by atoms with van der Waals surface area (Å²) >= 11 is 1.65. The van der Waals surface area contributed by atoms with Crippen molar-refractivity contribution in [3.05, 3.63) is 28.0 Å². The van der Waals surface area contributed by atoms with Crippen molar-refractivity contribution in [1.29, 1.82) is 0 Å². The van der Waals surface area contributed by atoms with E-state index in [2.05, 4.69) is 16.8 Å². The highest BCUT2D eigenvalue weighted by Gasteiger charge is 2.15. The molecule has 3 nitrogen and oxygen atoms in total. The van der Waals surface area contributed by atoms with Crippen LogP contribution in [0.4, 0.5) is 0 Å². The minimum Gasteiger partial charge on any atom is -0.463 e. The molecule has 0 spiro atoms. The van der Waals surface area contributed by atoms with Crippen LogP contribution in [0, 0.1) is 0 Å². The standard InChI is InChI=1S/C11H13NO2S/c1-2-14-10(13)7-9-11-8(3-5-12-9)4-6-15-11/h4,6-7,12H,2-3,5H2,1H3/b9-7-. The monoisotopic (exact) mass is 223 g/mol. The predicted octanol–water partition coefficient (Wildman–Crippen LogP) is 1.80. The van der Waals surface area contributed by atoms with Crippen molar-refractivity contribution < 1.29 is 9.53 Å². The summed E-state index contributed by atoms with van der Waals surface area (Å²) in [7, 11) is 0. The Hall–Kier alpha value is -1.29. The molecule has 0 bridgehead atoms. The summed E-state index contributed by atoms with van der Waals surface area (Å²) in [5.41, 5.74) is 2.21. The van der Waals surface area contributed by atoms with Gasteiger partial charge in [0.1, 0.15) is 0 Å². The number of nitrogens with one attached hydrogen (secondary N) is 1. The second-order valence-corrected chi connectivity index (χ2v) is 4.18. The number of rotatable bonds is 2. The summed E-state index contributed by atoms with van der Waals surface area (Å²) in [6, 6.07) is 2.11. The maximum atomic E-state index is 11.3. The Bertz CT molecular complexity index is 395. The number of thiophene rings is 1. The molecule has 1 aromatic rings. The average molecular weight is 223 g/mol. The second kappa shape index (κ2) is 4.49. The molecule has 1 N–H and O–H groups in total. The SMILES string of the molecule is CCOC(=O)/C=C1\NCCc2ccsc21. The first kappa shape index (κ1) is 10.2. The number of esters is 1. The van der Waals surface area contributed by atoms with Gasteiger partial charge in [0.05, 0.1) is 17.2 Å². The van der Waals surface area contributed by atoms with E-state index in [-0.39, 0.29) is 5.97 Å². The Morgan fingerprint density at radius 1 is 1.73 bits per heavy atom. The van der Waals surface area contributed by atoms with Gasteiger partial charge in [-0.25, -0.2) is 4.79 Å². The molecule has 0 saturated carbocycles. The molecular weight excluding hydrogens is 210 g/mol. The van der Waals surface area contributed by atoms with Crippen LogP contribution in [-0.2, 0) is 16.0 Å². The maximum absolute atomic E-state index is 11.3. The zero-order valence-electron chi connectivity index (χ0n) is 8.58. The highest BCUT2D eigenvalue weighted by Crippen LogP contribution is 2.27. The van der Waals surface area contributed by atoms with Gasteiger partial charge in [0.15, 0.2) is 0 Å². The second-order valence-electron chi connectivity index (χ2n) is 3.26. The molecule has 2 rings (SSSR count). The normalized spacial score (nSPS) is 17.0. The van der Waals surface area contributed by atoms with Crippen LogP contribution < -0.4 is 5.32 Å². The van der Waals surface area contributed by atoms with Crippen LogP contribution in [0.15, 0.2) is 17.5 Å².